The van der Waals surface area contributed by atoms with Crippen LogP contribution in [-0.2, 0) is 4.79 Å². The van der Waals surface area contributed by atoms with Crippen molar-refractivity contribution < 1.29 is 4.79 Å². The highest BCUT2D eigenvalue weighted by atomic mass is 32.2. The third-order valence-corrected chi connectivity index (χ3v) is 4.37. The average Bonchev–Trinajstić information content (AvgIpc) is 2.84. The van der Waals surface area contributed by atoms with Crippen molar-refractivity contribution in [2.24, 2.45) is 5.92 Å². The van der Waals surface area contributed by atoms with Crippen LogP contribution in [0.5, 0.6) is 0 Å². The maximum atomic E-state index is 12.2. The van der Waals surface area contributed by atoms with Gasteiger partial charge in [0.25, 0.3) is 0 Å². The van der Waals surface area contributed by atoms with Crippen LogP contribution in [0.2, 0.25) is 0 Å². The molecule has 1 fully saturated rings. The van der Waals surface area contributed by atoms with Gasteiger partial charge < -0.3 is 9.47 Å². The van der Waals surface area contributed by atoms with Gasteiger partial charge in [-0.1, -0.05) is 18.7 Å². The van der Waals surface area contributed by atoms with Crippen molar-refractivity contribution in [1.82, 2.24) is 19.7 Å². The Hall–Kier alpha value is -1.04. The molecule has 1 aliphatic rings. The van der Waals surface area contributed by atoms with E-state index in [0.717, 1.165) is 24.7 Å². The molecular weight excluding hydrogens is 260 g/mol. The Kier molecular flexibility index (Phi) is 4.85. The highest BCUT2D eigenvalue weighted by Crippen LogP contribution is 2.21. The highest BCUT2D eigenvalue weighted by molar-refractivity contribution is 7.99. The molecule has 1 aliphatic heterocycles. The summed E-state index contributed by atoms with van der Waals surface area (Å²) < 4.78 is 2.00. The number of hydrogen-bond acceptors (Lipinski definition) is 4. The first-order valence-corrected chi connectivity index (χ1v) is 7.86. The number of carbonyl (C=O) groups excluding carboxylic acids is 1. The lowest BCUT2D eigenvalue weighted by atomic mass is 10.0. The van der Waals surface area contributed by atoms with Gasteiger partial charge in [-0.3, -0.25) is 4.79 Å². The van der Waals surface area contributed by atoms with Crippen molar-refractivity contribution in [1.29, 1.82) is 0 Å². The Bertz CT molecular complexity index is 432. The van der Waals surface area contributed by atoms with Crippen LogP contribution >= 0.6 is 11.8 Å². The van der Waals surface area contributed by atoms with Crippen LogP contribution in [-0.4, -0.2) is 44.4 Å². The summed E-state index contributed by atoms with van der Waals surface area (Å²) in [7, 11) is 0. The van der Waals surface area contributed by atoms with Crippen LogP contribution in [0.3, 0.4) is 0 Å². The van der Waals surface area contributed by atoms with Crippen LogP contribution in [0.25, 0.3) is 0 Å². The van der Waals surface area contributed by atoms with E-state index in [1.54, 1.807) is 6.33 Å². The molecule has 6 heteroatoms. The topological polar surface area (TPSA) is 51.0 Å². The van der Waals surface area contributed by atoms with Gasteiger partial charge in [-0.05, 0) is 32.6 Å². The Labute approximate surface area is 118 Å². The molecule has 0 radical (unpaired) electrons. The summed E-state index contributed by atoms with van der Waals surface area (Å²) in [6.07, 6.45) is 4.08. The standard InChI is InChI=1S/C13H22N4OS/c1-10(2)17-9-14-15-13(17)19-8-12(18)16-6-4-5-11(3)7-16/h9-11H,4-8H2,1-3H3. The number of rotatable bonds is 4. The van der Waals surface area contributed by atoms with E-state index in [0.29, 0.717) is 17.7 Å². The second-order valence-corrected chi connectivity index (χ2v) is 6.43. The van der Waals surface area contributed by atoms with E-state index in [4.69, 9.17) is 0 Å². The average molecular weight is 282 g/mol. The summed E-state index contributed by atoms with van der Waals surface area (Å²) in [5.41, 5.74) is 0. The van der Waals surface area contributed by atoms with Crippen LogP contribution < -0.4 is 0 Å². The Morgan fingerprint density at radius 2 is 2.37 bits per heavy atom. The zero-order valence-electron chi connectivity index (χ0n) is 11.9. The highest BCUT2D eigenvalue weighted by Gasteiger charge is 2.21. The summed E-state index contributed by atoms with van der Waals surface area (Å²) >= 11 is 1.48. The minimum atomic E-state index is 0.217. The zero-order valence-corrected chi connectivity index (χ0v) is 12.7. The van der Waals surface area contributed by atoms with Gasteiger partial charge in [-0.15, -0.1) is 10.2 Å². The molecule has 0 spiro atoms. The molecule has 1 saturated heterocycles. The Morgan fingerprint density at radius 3 is 3.05 bits per heavy atom. The fraction of sp³-hybridized carbons (Fsp3) is 0.769. The number of nitrogens with zero attached hydrogens (tertiary/aromatic N) is 4. The van der Waals surface area contributed by atoms with E-state index in [2.05, 4.69) is 31.0 Å². The lowest BCUT2D eigenvalue weighted by molar-refractivity contribution is -0.130. The molecule has 0 aromatic carbocycles. The van der Waals surface area contributed by atoms with Crippen LogP contribution in [0.15, 0.2) is 11.5 Å². The molecule has 1 aromatic rings. The maximum Gasteiger partial charge on any atom is 0.233 e. The van der Waals surface area contributed by atoms with Gasteiger partial charge in [0.2, 0.25) is 5.91 Å². The van der Waals surface area contributed by atoms with Crippen molar-refractivity contribution in [3.05, 3.63) is 6.33 Å². The summed E-state index contributed by atoms with van der Waals surface area (Å²) in [4.78, 5) is 14.2. The Balaban J connectivity index is 1.87. The summed E-state index contributed by atoms with van der Waals surface area (Å²) in [5, 5.41) is 8.82. The van der Waals surface area contributed by atoms with E-state index in [-0.39, 0.29) is 5.91 Å². The third-order valence-electron chi connectivity index (χ3n) is 3.43. The van der Waals surface area contributed by atoms with Gasteiger partial charge >= 0.3 is 0 Å². The van der Waals surface area contributed by atoms with Crippen molar-refractivity contribution in [2.45, 2.75) is 44.8 Å². The predicted molar refractivity (Wildman–Crippen MR) is 76.1 cm³/mol. The lowest BCUT2D eigenvalue weighted by Gasteiger charge is -2.30. The molecule has 1 amide bonds. The SMILES string of the molecule is CC1CCCN(C(=O)CSc2nncn2C(C)C)C1. The number of likely N-dealkylation sites (tertiary alicyclic amines) is 1. The smallest absolute Gasteiger partial charge is 0.233 e. The number of aromatic nitrogens is 3. The first kappa shape index (κ1) is 14.4. The van der Waals surface area contributed by atoms with Crippen molar-refractivity contribution >= 4 is 17.7 Å². The van der Waals surface area contributed by atoms with E-state index in [1.807, 2.05) is 9.47 Å². The van der Waals surface area contributed by atoms with Gasteiger partial charge in [0.1, 0.15) is 6.33 Å². The van der Waals surface area contributed by atoms with Gasteiger partial charge in [0.05, 0.1) is 5.75 Å². The number of hydrogen-bond donors (Lipinski definition) is 0. The van der Waals surface area contributed by atoms with Gasteiger partial charge in [0, 0.05) is 19.1 Å². The van der Waals surface area contributed by atoms with Crippen LogP contribution in [0.1, 0.15) is 39.7 Å². The molecule has 2 rings (SSSR count). The van der Waals surface area contributed by atoms with Crippen LogP contribution in [0, 0.1) is 5.92 Å². The minimum absolute atomic E-state index is 0.217. The molecule has 0 N–H and O–H groups in total. The molecule has 1 atom stereocenters. The molecule has 5 nitrogen and oxygen atoms in total. The largest absolute Gasteiger partial charge is 0.342 e. The molecule has 1 unspecified atom stereocenters. The van der Waals surface area contributed by atoms with Gasteiger partial charge in [-0.2, -0.15) is 0 Å². The second kappa shape index (κ2) is 6.41. The first-order chi connectivity index (χ1) is 9.08. The molecule has 2 heterocycles. The normalized spacial score (nSPS) is 20.0. The third kappa shape index (κ3) is 3.72. The van der Waals surface area contributed by atoms with Crippen molar-refractivity contribution in [2.75, 3.05) is 18.8 Å². The zero-order chi connectivity index (χ0) is 13.8. The molecule has 0 saturated carbocycles. The number of thioether (sulfide) groups is 1. The van der Waals surface area contributed by atoms with Crippen LogP contribution in [0.4, 0.5) is 0 Å². The molecule has 106 valence electrons. The maximum absolute atomic E-state index is 12.2. The first-order valence-electron chi connectivity index (χ1n) is 6.88. The summed E-state index contributed by atoms with van der Waals surface area (Å²) in [6.45, 7) is 8.18. The number of amides is 1. The second-order valence-electron chi connectivity index (χ2n) is 5.49. The van der Waals surface area contributed by atoms with E-state index < -0.39 is 0 Å². The molecule has 1 aromatic heterocycles. The molecule has 0 aliphatic carbocycles. The van der Waals surface area contributed by atoms with Crippen molar-refractivity contribution in [3.63, 3.8) is 0 Å². The number of piperidine rings is 1. The fourth-order valence-corrected chi connectivity index (χ4v) is 3.27. The summed E-state index contributed by atoms with van der Waals surface area (Å²) in [6, 6.07) is 0.322. The predicted octanol–water partition coefficient (Wildman–Crippen LogP) is 2.21. The summed E-state index contributed by atoms with van der Waals surface area (Å²) in [5.74, 6) is 1.30. The minimum Gasteiger partial charge on any atom is -0.342 e. The number of carbonyl (C=O) groups is 1. The van der Waals surface area contributed by atoms with E-state index in [1.165, 1.54) is 18.2 Å². The Morgan fingerprint density at radius 1 is 1.58 bits per heavy atom. The molecular formula is C13H22N4OS. The van der Waals surface area contributed by atoms with Crippen molar-refractivity contribution in [3.8, 4) is 0 Å². The van der Waals surface area contributed by atoms with Gasteiger partial charge in [-0.25, -0.2) is 0 Å². The quantitative estimate of drug-likeness (QED) is 0.795. The monoisotopic (exact) mass is 282 g/mol. The van der Waals surface area contributed by atoms with Gasteiger partial charge in [0.15, 0.2) is 5.16 Å². The molecule has 0 bridgehead atoms. The fourth-order valence-electron chi connectivity index (χ4n) is 2.32. The van der Waals surface area contributed by atoms with E-state index >= 15 is 0 Å². The lowest BCUT2D eigenvalue weighted by Crippen LogP contribution is -2.40. The molecule has 19 heavy (non-hydrogen) atoms. The van der Waals surface area contributed by atoms with E-state index in [9.17, 15) is 4.79 Å².